The highest BCUT2D eigenvalue weighted by atomic mass is 79.9. The van der Waals surface area contributed by atoms with Gasteiger partial charge in [-0.2, -0.15) is 13.2 Å². The van der Waals surface area contributed by atoms with E-state index in [0.717, 1.165) is 12.1 Å². The maximum atomic E-state index is 13.5. The van der Waals surface area contributed by atoms with Gasteiger partial charge in [-0.15, -0.1) is 0 Å². The highest BCUT2D eigenvalue weighted by Crippen LogP contribution is 2.26. The van der Waals surface area contributed by atoms with Gasteiger partial charge in [0.2, 0.25) is 10.0 Å². The molecule has 0 atom stereocenters. The van der Waals surface area contributed by atoms with Crippen LogP contribution in [0.2, 0.25) is 0 Å². The highest BCUT2D eigenvalue weighted by molar-refractivity contribution is 9.10. The quantitative estimate of drug-likeness (QED) is 0.470. The Kier molecular flexibility index (Phi) is 5.39. The van der Waals surface area contributed by atoms with Crippen molar-refractivity contribution in [3.8, 4) is 0 Å². The second kappa shape index (κ2) is 6.27. The fraction of sp³-hybridized carbons (Fsp3) is 0.400. The summed E-state index contributed by atoms with van der Waals surface area (Å²) in [5.74, 6) is -1.05. The Morgan fingerprint density at radius 3 is 2.45 bits per heavy atom. The lowest BCUT2D eigenvalue weighted by Gasteiger charge is -2.10. The van der Waals surface area contributed by atoms with Crippen molar-refractivity contribution in [1.29, 1.82) is 0 Å². The fourth-order valence-electron chi connectivity index (χ4n) is 1.32. The van der Waals surface area contributed by atoms with E-state index >= 15 is 0 Å². The van der Waals surface area contributed by atoms with Crippen LogP contribution in [0.4, 0.5) is 23.2 Å². The van der Waals surface area contributed by atoms with E-state index in [0.29, 0.717) is 0 Å². The Balaban J connectivity index is 2.77. The van der Waals surface area contributed by atoms with Crippen molar-refractivity contribution >= 4 is 31.6 Å². The van der Waals surface area contributed by atoms with Crippen LogP contribution < -0.4 is 10.5 Å². The molecule has 0 amide bonds. The predicted molar refractivity (Wildman–Crippen MR) is 69.0 cm³/mol. The maximum absolute atomic E-state index is 13.5. The number of benzene rings is 1. The Labute approximate surface area is 121 Å². The highest BCUT2D eigenvalue weighted by Gasteiger charge is 2.27. The van der Waals surface area contributed by atoms with E-state index in [1.54, 1.807) is 0 Å². The van der Waals surface area contributed by atoms with Gasteiger partial charge in [0.05, 0.1) is 0 Å². The minimum atomic E-state index is -4.36. The molecule has 1 rings (SSSR count). The van der Waals surface area contributed by atoms with Crippen molar-refractivity contribution in [1.82, 2.24) is 4.72 Å². The lowest BCUT2D eigenvalue weighted by atomic mass is 10.3. The molecule has 0 spiro atoms. The summed E-state index contributed by atoms with van der Waals surface area (Å²) in [4.78, 5) is -0.704. The summed E-state index contributed by atoms with van der Waals surface area (Å²) in [5, 5.41) is 0. The van der Waals surface area contributed by atoms with Gasteiger partial charge in [0.15, 0.2) is 0 Å². The number of alkyl halides is 3. The molecule has 1 aromatic carbocycles. The van der Waals surface area contributed by atoms with Gasteiger partial charge in [-0.05, 0) is 34.5 Å². The summed E-state index contributed by atoms with van der Waals surface area (Å²) >= 11 is 2.93. The first-order chi connectivity index (χ1) is 9.03. The molecule has 0 aromatic heterocycles. The second-order valence-electron chi connectivity index (χ2n) is 3.92. The summed E-state index contributed by atoms with van der Waals surface area (Å²) in [6, 6.07) is 1.77. The van der Waals surface area contributed by atoms with E-state index < -0.39 is 46.3 Å². The molecule has 0 unspecified atom stereocenters. The van der Waals surface area contributed by atoms with E-state index in [9.17, 15) is 26.0 Å². The fourth-order valence-corrected chi connectivity index (χ4v) is 2.81. The zero-order chi connectivity index (χ0) is 15.6. The Morgan fingerprint density at radius 1 is 1.30 bits per heavy atom. The monoisotopic (exact) mass is 378 g/mol. The molecule has 20 heavy (non-hydrogen) atoms. The summed E-state index contributed by atoms with van der Waals surface area (Å²) in [7, 11) is -4.24. The number of halogens is 5. The van der Waals surface area contributed by atoms with Crippen LogP contribution in [0, 0.1) is 5.82 Å². The molecule has 0 heterocycles. The third-order valence-electron chi connectivity index (χ3n) is 2.27. The summed E-state index contributed by atoms with van der Waals surface area (Å²) in [6.45, 7) is -0.447. The SMILES string of the molecule is Nc1cc(S(=O)(=O)NCCCC(F)(F)F)c(F)cc1Br. The zero-order valence-corrected chi connectivity index (χ0v) is 12.4. The standard InChI is InChI=1S/C10H11BrF4N2O2S/c11-6-4-7(12)9(5-8(6)16)20(18,19)17-3-1-2-10(13,14)15/h4-5,17H,1-3,16H2. The number of hydrogen-bond donors (Lipinski definition) is 2. The van der Waals surface area contributed by atoms with Gasteiger partial charge in [-0.3, -0.25) is 0 Å². The summed E-state index contributed by atoms with van der Waals surface area (Å²) in [5.41, 5.74) is 5.45. The molecular weight excluding hydrogens is 368 g/mol. The van der Waals surface area contributed by atoms with Crippen molar-refractivity contribution in [2.45, 2.75) is 23.9 Å². The minimum Gasteiger partial charge on any atom is -0.398 e. The molecular formula is C10H11BrF4N2O2S. The lowest BCUT2D eigenvalue weighted by molar-refractivity contribution is -0.135. The Morgan fingerprint density at radius 2 is 1.90 bits per heavy atom. The number of nitrogen functional groups attached to an aromatic ring is 1. The third kappa shape index (κ3) is 4.91. The predicted octanol–water partition coefficient (Wildman–Crippen LogP) is 2.79. The molecule has 1 aromatic rings. The van der Waals surface area contributed by atoms with E-state index in [-0.39, 0.29) is 10.2 Å². The van der Waals surface area contributed by atoms with Crippen LogP contribution in [0.25, 0.3) is 0 Å². The summed E-state index contributed by atoms with van der Waals surface area (Å²) < 4.78 is 74.8. The molecule has 0 fully saturated rings. The number of nitrogens with two attached hydrogens (primary N) is 1. The number of hydrogen-bond acceptors (Lipinski definition) is 3. The van der Waals surface area contributed by atoms with Crippen LogP contribution in [0.5, 0.6) is 0 Å². The Hall–Kier alpha value is -0.870. The number of nitrogens with one attached hydrogen (secondary N) is 1. The molecule has 114 valence electrons. The molecule has 0 aliphatic heterocycles. The number of anilines is 1. The van der Waals surface area contributed by atoms with Crippen LogP contribution in [-0.2, 0) is 10.0 Å². The van der Waals surface area contributed by atoms with E-state index in [1.165, 1.54) is 0 Å². The van der Waals surface area contributed by atoms with Gasteiger partial charge in [0.25, 0.3) is 0 Å². The van der Waals surface area contributed by atoms with Crippen molar-refractivity contribution in [3.05, 3.63) is 22.4 Å². The van der Waals surface area contributed by atoms with Crippen molar-refractivity contribution in [2.24, 2.45) is 0 Å². The van der Waals surface area contributed by atoms with Gasteiger partial charge < -0.3 is 5.73 Å². The minimum absolute atomic E-state index is 0.00191. The topological polar surface area (TPSA) is 72.2 Å². The molecule has 0 saturated carbocycles. The molecule has 10 heteroatoms. The molecule has 0 aliphatic rings. The van der Waals surface area contributed by atoms with E-state index in [2.05, 4.69) is 15.9 Å². The average molecular weight is 379 g/mol. The average Bonchev–Trinajstić information content (AvgIpc) is 2.28. The largest absolute Gasteiger partial charge is 0.398 e. The van der Waals surface area contributed by atoms with Crippen LogP contribution in [-0.4, -0.2) is 21.1 Å². The van der Waals surface area contributed by atoms with E-state index in [4.69, 9.17) is 5.73 Å². The van der Waals surface area contributed by atoms with Crippen molar-refractivity contribution in [3.63, 3.8) is 0 Å². The van der Waals surface area contributed by atoms with Crippen LogP contribution in [0.15, 0.2) is 21.5 Å². The molecule has 0 radical (unpaired) electrons. The molecule has 0 saturated heterocycles. The van der Waals surface area contributed by atoms with Crippen molar-refractivity contribution < 1.29 is 26.0 Å². The van der Waals surface area contributed by atoms with Crippen LogP contribution >= 0.6 is 15.9 Å². The van der Waals surface area contributed by atoms with Crippen LogP contribution in [0.3, 0.4) is 0 Å². The molecule has 0 bridgehead atoms. The summed E-state index contributed by atoms with van der Waals surface area (Å²) in [6.07, 6.45) is -5.92. The first-order valence-corrected chi connectivity index (χ1v) is 7.61. The molecule has 0 aliphatic carbocycles. The number of rotatable bonds is 5. The first kappa shape index (κ1) is 17.2. The van der Waals surface area contributed by atoms with Crippen LogP contribution in [0.1, 0.15) is 12.8 Å². The zero-order valence-electron chi connectivity index (χ0n) is 9.97. The van der Waals surface area contributed by atoms with E-state index in [1.807, 2.05) is 4.72 Å². The normalized spacial score (nSPS) is 12.7. The molecule has 3 N–H and O–H groups in total. The van der Waals surface area contributed by atoms with Gasteiger partial charge in [-0.25, -0.2) is 17.5 Å². The smallest absolute Gasteiger partial charge is 0.389 e. The Bertz CT molecular complexity index is 590. The third-order valence-corrected chi connectivity index (χ3v) is 4.43. The number of sulfonamides is 1. The van der Waals surface area contributed by atoms with Gasteiger partial charge in [-0.1, -0.05) is 0 Å². The maximum Gasteiger partial charge on any atom is 0.389 e. The van der Waals surface area contributed by atoms with Crippen molar-refractivity contribution in [2.75, 3.05) is 12.3 Å². The van der Waals surface area contributed by atoms with Gasteiger partial charge in [0, 0.05) is 23.1 Å². The molecule has 4 nitrogen and oxygen atoms in total. The second-order valence-corrected chi connectivity index (χ2v) is 6.51. The lowest BCUT2D eigenvalue weighted by Crippen LogP contribution is -2.26. The van der Waals surface area contributed by atoms with Gasteiger partial charge in [0.1, 0.15) is 10.7 Å². The first-order valence-electron chi connectivity index (χ1n) is 5.34. The van der Waals surface area contributed by atoms with Gasteiger partial charge >= 0.3 is 6.18 Å².